The van der Waals surface area contributed by atoms with Gasteiger partial charge >= 0.3 is 0 Å². The van der Waals surface area contributed by atoms with Crippen molar-refractivity contribution in [2.75, 3.05) is 0 Å². The highest BCUT2D eigenvalue weighted by Crippen LogP contribution is 2.16. The molecule has 1 aromatic heterocycles. The molecule has 5 heteroatoms. The topological polar surface area (TPSA) is 63.3 Å². The van der Waals surface area contributed by atoms with E-state index in [1.165, 1.54) is 17.3 Å². The first-order valence-corrected chi connectivity index (χ1v) is 3.63. The Balaban J connectivity index is 3.01. The Morgan fingerprint density at radius 2 is 2.17 bits per heavy atom. The first-order valence-electron chi connectivity index (χ1n) is 3.63. The molecule has 0 atom stereocenters. The van der Waals surface area contributed by atoms with E-state index in [1.807, 2.05) is 20.8 Å². The molecule has 0 radical (unpaired) electrons. The van der Waals surface area contributed by atoms with E-state index in [0.29, 0.717) is 5.84 Å². The van der Waals surface area contributed by atoms with E-state index < -0.39 is 0 Å². The molecule has 0 spiro atoms. The van der Waals surface area contributed by atoms with Crippen molar-refractivity contribution >= 4 is 5.84 Å². The maximum atomic E-state index is 8.73. The van der Waals surface area contributed by atoms with Crippen molar-refractivity contribution in [3.63, 3.8) is 0 Å². The fourth-order valence-corrected chi connectivity index (χ4v) is 0.857. The quantitative estimate of drug-likeness (QED) is 0.271. The maximum absolute atomic E-state index is 8.73. The summed E-state index contributed by atoms with van der Waals surface area (Å²) in [6.07, 6.45) is 2.90. The van der Waals surface area contributed by atoms with Gasteiger partial charge in [0.15, 0.2) is 5.84 Å². The molecule has 0 saturated carbocycles. The van der Waals surface area contributed by atoms with Crippen LogP contribution in [0.15, 0.2) is 17.8 Å². The van der Waals surface area contributed by atoms with Gasteiger partial charge in [-0.2, -0.15) is 5.10 Å². The lowest BCUT2D eigenvalue weighted by molar-refractivity contribution is 0.306. The van der Waals surface area contributed by atoms with Crippen LogP contribution < -0.4 is 0 Å². The highest BCUT2D eigenvalue weighted by molar-refractivity contribution is 5.87. The van der Waals surface area contributed by atoms with E-state index >= 15 is 0 Å². The second-order valence-corrected chi connectivity index (χ2v) is 3.51. The SMILES string of the molecule is CC(C)(C)/C(=N/O)n1cncn1. The van der Waals surface area contributed by atoms with Crippen molar-refractivity contribution in [3.8, 4) is 0 Å². The predicted molar refractivity (Wildman–Crippen MR) is 44.1 cm³/mol. The number of hydrogen-bond acceptors (Lipinski definition) is 4. The molecule has 12 heavy (non-hydrogen) atoms. The molecule has 0 aliphatic carbocycles. The molecule has 0 amide bonds. The minimum Gasteiger partial charge on any atom is -0.409 e. The Labute approximate surface area is 70.7 Å². The van der Waals surface area contributed by atoms with Crippen LogP contribution >= 0.6 is 0 Å². The molecule has 0 saturated heterocycles. The van der Waals surface area contributed by atoms with Crippen molar-refractivity contribution in [2.24, 2.45) is 10.6 Å². The molecule has 0 aliphatic heterocycles. The normalized spacial score (nSPS) is 13.4. The van der Waals surface area contributed by atoms with Crippen molar-refractivity contribution in [3.05, 3.63) is 12.7 Å². The van der Waals surface area contributed by atoms with Crippen molar-refractivity contribution in [1.29, 1.82) is 0 Å². The molecule has 0 bridgehead atoms. The van der Waals surface area contributed by atoms with Crippen molar-refractivity contribution in [2.45, 2.75) is 20.8 Å². The van der Waals surface area contributed by atoms with Gasteiger partial charge in [0.25, 0.3) is 0 Å². The smallest absolute Gasteiger partial charge is 0.175 e. The van der Waals surface area contributed by atoms with Crippen LogP contribution in [-0.4, -0.2) is 25.8 Å². The molecular formula is C7H12N4O. The Bertz CT molecular complexity index is 270. The minimum absolute atomic E-state index is 0.248. The van der Waals surface area contributed by atoms with Gasteiger partial charge in [0, 0.05) is 5.41 Å². The Morgan fingerprint density at radius 1 is 1.50 bits per heavy atom. The van der Waals surface area contributed by atoms with Crippen molar-refractivity contribution < 1.29 is 5.21 Å². The van der Waals surface area contributed by atoms with Crippen LogP contribution in [0.5, 0.6) is 0 Å². The molecule has 5 nitrogen and oxygen atoms in total. The number of nitrogens with zero attached hydrogens (tertiary/aromatic N) is 4. The fraction of sp³-hybridized carbons (Fsp3) is 0.571. The van der Waals surface area contributed by atoms with Crippen LogP contribution in [0, 0.1) is 5.41 Å². The summed E-state index contributed by atoms with van der Waals surface area (Å²) in [4.78, 5) is 3.76. The summed E-state index contributed by atoms with van der Waals surface area (Å²) >= 11 is 0. The monoisotopic (exact) mass is 168 g/mol. The van der Waals surface area contributed by atoms with Gasteiger partial charge in [-0.25, -0.2) is 9.67 Å². The van der Waals surface area contributed by atoms with E-state index in [0.717, 1.165) is 0 Å². The Kier molecular flexibility index (Phi) is 2.12. The molecule has 0 unspecified atom stereocenters. The molecule has 1 aromatic rings. The summed E-state index contributed by atoms with van der Waals surface area (Å²) in [5.41, 5.74) is -0.248. The summed E-state index contributed by atoms with van der Waals surface area (Å²) in [5, 5.41) is 15.8. The van der Waals surface area contributed by atoms with Gasteiger partial charge in [-0.3, -0.25) is 0 Å². The predicted octanol–water partition coefficient (Wildman–Crippen LogP) is 0.960. The largest absolute Gasteiger partial charge is 0.409 e. The zero-order valence-corrected chi connectivity index (χ0v) is 7.39. The highest BCUT2D eigenvalue weighted by Gasteiger charge is 2.21. The average Bonchev–Trinajstić information content (AvgIpc) is 2.38. The molecule has 0 fully saturated rings. The maximum Gasteiger partial charge on any atom is 0.175 e. The first kappa shape index (κ1) is 8.70. The van der Waals surface area contributed by atoms with Crippen molar-refractivity contribution in [1.82, 2.24) is 14.8 Å². The summed E-state index contributed by atoms with van der Waals surface area (Å²) in [7, 11) is 0. The second kappa shape index (κ2) is 2.92. The number of aromatic nitrogens is 3. The van der Waals surface area contributed by atoms with Crippen LogP contribution in [0.2, 0.25) is 0 Å². The van der Waals surface area contributed by atoms with Crippen LogP contribution in [-0.2, 0) is 0 Å². The summed E-state index contributed by atoms with van der Waals surface area (Å²) < 4.78 is 1.44. The van der Waals surface area contributed by atoms with E-state index in [9.17, 15) is 0 Å². The second-order valence-electron chi connectivity index (χ2n) is 3.51. The van der Waals surface area contributed by atoms with Crippen LogP contribution in [0.25, 0.3) is 0 Å². The van der Waals surface area contributed by atoms with Crippen LogP contribution in [0.4, 0.5) is 0 Å². The molecule has 0 aromatic carbocycles. The number of hydrogen-bond donors (Lipinski definition) is 1. The summed E-state index contributed by atoms with van der Waals surface area (Å²) in [6.45, 7) is 5.80. The van der Waals surface area contributed by atoms with Gasteiger partial charge in [-0.05, 0) is 0 Å². The third kappa shape index (κ3) is 1.61. The van der Waals surface area contributed by atoms with E-state index in [4.69, 9.17) is 5.21 Å². The zero-order chi connectivity index (χ0) is 9.19. The Morgan fingerprint density at radius 3 is 2.50 bits per heavy atom. The minimum atomic E-state index is -0.248. The fourth-order valence-electron chi connectivity index (χ4n) is 0.857. The molecule has 1 N–H and O–H groups in total. The molecule has 1 heterocycles. The lowest BCUT2D eigenvalue weighted by atomic mass is 9.95. The lowest BCUT2D eigenvalue weighted by Crippen LogP contribution is -2.28. The third-order valence-corrected chi connectivity index (χ3v) is 1.40. The highest BCUT2D eigenvalue weighted by atomic mass is 16.4. The molecular weight excluding hydrogens is 156 g/mol. The van der Waals surface area contributed by atoms with Crippen LogP contribution in [0.1, 0.15) is 20.8 Å². The van der Waals surface area contributed by atoms with Crippen LogP contribution in [0.3, 0.4) is 0 Å². The van der Waals surface area contributed by atoms with E-state index in [1.54, 1.807) is 0 Å². The van der Waals surface area contributed by atoms with Gasteiger partial charge in [0.1, 0.15) is 12.7 Å². The third-order valence-electron chi connectivity index (χ3n) is 1.40. The lowest BCUT2D eigenvalue weighted by Gasteiger charge is -2.18. The number of oxime groups is 1. The Hall–Kier alpha value is -1.39. The van der Waals surface area contributed by atoms with E-state index in [-0.39, 0.29) is 5.41 Å². The summed E-state index contributed by atoms with van der Waals surface area (Å²) in [5.74, 6) is 0.472. The molecule has 0 aliphatic rings. The zero-order valence-electron chi connectivity index (χ0n) is 7.39. The summed E-state index contributed by atoms with van der Waals surface area (Å²) in [6, 6.07) is 0. The number of rotatable bonds is 0. The van der Waals surface area contributed by atoms with Gasteiger partial charge in [0.05, 0.1) is 0 Å². The van der Waals surface area contributed by atoms with Gasteiger partial charge in [0.2, 0.25) is 0 Å². The standard InChI is InChI=1S/C7H12N4O/c1-7(2,3)6(10-12)11-5-8-4-9-11/h4-5,12H,1-3H3/b10-6-. The molecule has 1 rings (SSSR count). The van der Waals surface area contributed by atoms with E-state index in [2.05, 4.69) is 15.2 Å². The van der Waals surface area contributed by atoms with Gasteiger partial charge in [-0.15, -0.1) is 0 Å². The average molecular weight is 168 g/mol. The van der Waals surface area contributed by atoms with Gasteiger partial charge < -0.3 is 5.21 Å². The van der Waals surface area contributed by atoms with Gasteiger partial charge in [-0.1, -0.05) is 25.9 Å². The first-order chi connectivity index (χ1) is 5.55. The molecule has 66 valence electrons.